The molecular weight excluding hydrogens is 239 g/mol. The van der Waals surface area contributed by atoms with Gasteiger partial charge in [-0.25, -0.2) is 0 Å². The van der Waals surface area contributed by atoms with E-state index in [1.54, 1.807) is 31.1 Å². The summed E-state index contributed by atoms with van der Waals surface area (Å²) in [5.74, 6) is 0.192. The van der Waals surface area contributed by atoms with Crippen LogP contribution in [0.1, 0.15) is 17.2 Å². The highest BCUT2D eigenvalue weighted by molar-refractivity contribution is 6.64. The molecule has 2 rings (SSSR count). The molecule has 0 aromatic heterocycles. The molecule has 0 bridgehead atoms. The van der Waals surface area contributed by atoms with Crippen LogP contribution in [0.5, 0.6) is 5.75 Å². The Kier molecular flexibility index (Phi) is 4.25. The number of benzene rings is 2. The lowest BCUT2D eigenvalue weighted by atomic mass is 9.64. The predicted octanol–water partition coefficient (Wildman–Crippen LogP) is 1.49. The molecule has 0 heterocycles. The first-order valence-electron chi connectivity index (χ1n) is 6.30. The lowest BCUT2D eigenvalue weighted by Gasteiger charge is -2.12. The molecule has 0 spiro atoms. The molecule has 0 radical (unpaired) electrons. The number of aliphatic hydroxyl groups is 1. The Bertz CT molecular complexity index is 520. The van der Waals surface area contributed by atoms with Crippen molar-refractivity contribution >= 4 is 12.4 Å². The van der Waals surface area contributed by atoms with Crippen LogP contribution < -0.4 is 5.46 Å². The average Bonchev–Trinajstić information content (AvgIpc) is 2.40. The van der Waals surface area contributed by atoms with Gasteiger partial charge in [-0.2, -0.15) is 0 Å². The number of phenolic OH excluding ortho intramolecular Hbond substituents is 1. The van der Waals surface area contributed by atoms with Crippen LogP contribution in [0.25, 0.3) is 0 Å². The summed E-state index contributed by atoms with van der Waals surface area (Å²) >= 11 is 0. The summed E-state index contributed by atoms with van der Waals surface area (Å²) in [4.78, 5) is 0. The van der Waals surface area contributed by atoms with E-state index in [0.29, 0.717) is 6.42 Å². The van der Waals surface area contributed by atoms with E-state index in [-0.39, 0.29) is 5.75 Å². The van der Waals surface area contributed by atoms with Crippen molar-refractivity contribution < 1.29 is 15.2 Å². The van der Waals surface area contributed by atoms with Gasteiger partial charge in [0, 0.05) is 6.42 Å². The van der Waals surface area contributed by atoms with Crippen LogP contribution in [-0.4, -0.2) is 22.2 Å². The standard InChI is InChI=1S/C15H17BO3/c1-16(19)13-6-2-11(3-7-13)10-15(18)12-4-8-14(17)9-5-12/h2-9,15,17-19H,10H2,1H3. The van der Waals surface area contributed by atoms with E-state index in [0.717, 1.165) is 16.6 Å². The summed E-state index contributed by atoms with van der Waals surface area (Å²) < 4.78 is 0. The zero-order valence-electron chi connectivity index (χ0n) is 10.8. The molecule has 0 aliphatic rings. The average molecular weight is 256 g/mol. The highest BCUT2D eigenvalue weighted by atomic mass is 16.3. The number of rotatable bonds is 4. The molecule has 0 amide bonds. The summed E-state index contributed by atoms with van der Waals surface area (Å²) in [5.41, 5.74) is 2.64. The zero-order valence-corrected chi connectivity index (χ0v) is 10.8. The molecule has 2 aromatic rings. The van der Waals surface area contributed by atoms with Crippen molar-refractivity contribution in [2.24, 2.45) is 0 Å². The molecule has 0 saturated heterocycles. The van der Waals surface area contributed by atoms with Crippen molar-refractivity contribution in [3.8, 4) is 5.75 Å². The van der Waals surface area contributed by atoms with Crippen LogP contribution in [0, 0.1) is 0 Å². The first-order chi connectivity index (χ1) is 9.06. The molecule has 19 heavy (non-hydrogen) atoms. The Morgan fingerprint density at radius 2 is 1.58 bits per heavy atom. The van der Waals surface area contributed by atoms with Gasteiger partial charge in [-0.15, -0.1) is 0 Å². The lowest BCUT2D eigenvalue weighted by molar-refractivity contribution is 0.178. The Morgan fingerprint density at radius 1 is 1.00 bits per heavy atom. The van der Waals surface area contributed by atoms with E-state index < -0.39 is 13.0 Å². The first-order valence-corrected chi connectivity index (χ1v) is 6.30. The molecule has 1 unspecified atom stereocenters. The monoisotopic (exact) mass is 256 g/mol. The molecular formula is C15H17BO3. The summed E-state index contributed by atoms with van der Waals surface area (Å²) in [5, 5.41) is 28.7. The topological polar surface area (TPSA) is 60.7 Å². The van der Waals surface area contributed by atoms with Crippen molar-refractivity contribution in [3.63, 3.8) is 0 Å². The molecule has 2 aromatic carbocycles. The van der Waals surface area contributed by atoms with Gasteiger partial charge in [0.05, 0.1) is 6.10 Å². The summed E-state index contributed by atoms with van der Waals surface area (Å²) in [6, 6.07) is 14.1. The molecule has 3 nitrogen and oxygen atoms in total. The Hall–Kier alpha value is -1.78. The molecule has 98 valence electrons. The van der Waals surface area contributed by atoms with Crippen molar-refractivity contribution in [2.45, 2.75) is 19.3 Å². The van der Waals surface area contributed by atoms with Crippen molar-refractivity contribution in [2.75, 3.05) is 0 Å². The minimum atomic E-state index is -0.599. The molecule has 3 N–H and O–H groups in total. The third-order valence-corrected chi connectivity index (χ3v) is 3.17. The third-order valence-electron chi connectivity index (χ3n) is 3.17. The SMILES string of the molecule is CB(O)c1ccc(CC(O)c2ccc(O)cc2)cc1. The number of aliphatic hydroxyl groups excluding tert-OH is 1. The normalized spacial score (nSPS) is 12.2. The maximum atomic E-state index is 10.1. The van der Waals surface area contributed by atoms with Crippen LogP contribution >= 0.6 is 0 Å². The fourth-order valence-electron chi connectivity index (χ4n) is 1.97. The molecule has 0 aliphatic carbocycles. The van der Waals surface area contributed by atoms with Crippen LogP contribution in [0.4, 0.5) is 0 Å². The van der Waals surface area contributed by atoms with Crippen molar-refractivity contribution in [1.29, 1.82) is 0 Å². The van der Waals surface area contributed by atoms with E-state index in [1.807, 2.05) is 24.3 Å². The van der Waals surface area contributed by atoms with Crippen LogP contribution in [0.3, 0.4) is 0 Å². The third kappa shape index (κ3) is 3.59. The van der Waals surface area contributed by atoms with Gasteiger partial charge in [-0.3, -0.25) is 0 Å². The quantitative estimate of drug-likeness (QED) is 0.726. The molecule has 4 heteroatoms. The van der Waals surface area contributed by atoms with Crippen molar-refractivity contribution in [3.05, 3.63) is 59.7 Å². The fourth-order valence-corrected chi connectivity index (χ4v) is 1.97. The fraction of sp³-hybridized carbons (Fsp3) is 0.200. The molecule has 0 aliphatic heterocycles. The first kappa shape index (κ1) is 13.7. The van der Waals surface area contributed by atoms with Gasteiger partial charge in [0.15, 0.2) is 0 Å². The number of hydrogen-bond donors (Lipinski definition) is 3. The van der Waals surface area contributed by atoms with Gasteiger partial charge in [0.1, 0.15) is 5.75 Å². The van der Waals surface area contributed by atoms with E-state index in [4.69, 9.17) is 0 Å². The highest BCUT2D eigenvalue weighted by Gasteiger charge is 2.10. The van der Waals surface area contributed by atoms with E-state index >= 15 is 0 Å². The minimum Gasteiger partial charge on any atom is -0.508 e. The second kappa shape index (κ2) is 5.91. The highest BCUT2D eigenvalue weighted by Crippen LogP contribution is 2.20. The van der Waals surface area contributed by atoms with Crippen molar-refractivity contribution in [1.82, 2.24) is 0 Å². The predicted molar refractivity (Wildman–Crippen MR) is 76.7 cm³/mol. The molecule has 0 fully saturated rings. The summed E-state index contributed by atoms with van der Waals surface area (Å²) in [6.45, 7) is 1.25. The number of phenols is 1. The van der Waals surface area contributed by atoms with Gasteiger partial charge in [0.2, 0.25) is 0 Å². The Labute approximate surface area is 113 Å². The minimum absolute atomic E-state index is 0.192. The smallest absolute Gasteiger partial charge is 0.320 e. The molecule has 0 saturated carbocycles. The van der Waals surface area contributed by atoms with E-state index in [1.165, 1.54) is 0 Å². The second-order valence-electron chi connectivity index (χ2n) is 4.73. The largest absolute Gasteiger partial charge is 0.508 e. The van der Waals surface area contributed by atoms with Crippen LogP contribution in [0.15, 0.2) is 48.5 Å². The number of hydrogen-bond acceptors (Lipinski definition) is 3. The Balaban J connectivity index is 2.06. The maximum Gasteiger partial charge on any atom is 0.320 e. The lowest BCUT2D eigenvalue weighted by Crippen LogP contribution is -2.25. The second-order valence-corrected chi connectivity index (χ2v) is 4.73. The van der Waals surface area contributed by atoms with E-state index in [2.05, 4.69) is 0 Å². The Morgan fingerprint density at radius 3 is 2.11 bits per heavy atom. The van der Waals surface area contributed by atoms with Gasteiger partial charge in [-0.05, 0) is 28.7 Å². The van der Waals surface area contributed by atoms with Crippen LogP contribution in [0.2, 0.25) is 6.82 Å². The number of aromatic hydroxyl groups is 1. The van der Waals surface area contributed by atoms with Gasteiger partial charge in [0.25, 0.3) is 0 Å². The molecule has 1 atom stereocenters. The van der Waals surface area contributed by atoms with E-state index in [9.17, 15) is 15.2 Å². The summed E-state index contributed by atoms with van der Waals surface area (Å²) in [6.07, 6.45) is -0.0942. The van der Waals surface area contributed by atoms with Gasteiger partial charge < -0.3 is 15.2 Å². The van der Waals surface area contributed by atoms with Gasteiger partial charge >= 0.3 is 6.92 Å². The van der Waals surface area contributed by atoms with Gasteiger partial charge in [-0.1, -0.05) is 43.2 Å². The van der Waals surface area contributed by atoms with Crippen LogP contribution in [-0.2, 0) is 6.42 Å². The zero-order chi connectivity index (χ0) is 13.8. The summed E-state index contributed by atoms with van der Waals surface area (Å²) in [7, 11) is 0. The maximum absolute atomic E-state index is 10.1.